The van der Waals surface area contributed by atoms with E-state index in [2.05, 4.69) is 54.6 Å². The maximum absolute atomic E-state index is 5.52. The number of ether oxygens (including phenoxy) is 2. The van der Waals surface area contributed by atoms with Crippen LogP contribution in [0.1, 0.15) is 12.5 Å². The number of halogens is 2. The van der Waals surface area contributed by atoms with Crippen LogP contribution in [0.2, 0.25) is 0 Å². The highest BCUT2D eigenvalue weighted by molar-refractivity contribution is 9.13. The molecule has 0 unspecified atom stereocenters. The summed E-state index contributed by atoms with van der Waals surface area (Å²) in [4.78, 5) is 0. The van der Waals surface area contributed by atoms with E-state index in [1.54, 1.807) is 13.3 Å². The molecule has 8 heteroatoms. The molecule has 0 saturated heterocycles. The number of hydrogen-bond donors (Lipinski definition) is 2. The topological polar surface area (TPSA) is 68.9 Å². The highest BCUT2D eigenvalue weighted by Crippen LogP contribution is 2.42. The fraction of sp³-hybridized carbons (Fsp3) is 0.273. The minimum atomic E-state index is 0.102. The first-order valence-electron chi connectivity index (χ1n) is 5.28. The Labute approximate surface area is 133 Å². The third-order valence-electron chi connectivity index (χ3n) is 2.04. The van der Waals surface area contributed by atoms with E-state index < -0.39 is 0 Å². The van der Waals surface area contributed by atoms with Crippen LogP contribution in [0, 0.1) is 0 Å². The van der Waals surface area contributed by atoms with Crippen LogP contribution in [0.5, 0.6) is 11.5 Å². The number of nitrogens with two attached hydrogens (primary N) is 1. The molecule has 3 N–H and O–H groups in total. The average Bonchev–Trinajstić information content (AvgIpc) is 2.35. The van der Waals surface area contributed by atoms with Crippen molar-refractivity contribution in [3.05, 3.63) is 20.6 Å². The van der Waals surface area contributed by atoms with Crippen molar-refractivity contribution in [2.24, 2.45) is 10.8 Å². The van der Waals surface area contributed by atoms with Gasteiger partial charge in [0.1, 0.15) is 0 Å². The second kappa shape index (κ2) is 7.66. The summed E-state index contributed by atoms with van der Waals surface area (Å²) >= 11 is 11.6. The largest absolute Gasteiger partial charge is 0.492 e. The summed E-state index contributed by atoms with van der Waals surface area (Å²) in [5.41, 5.74) is 8.57. The quantitative estimate of drug-likeness (QED) is 0.443. The van der Waals surface area contributed by atoms with Gasteiger partial charge in [0.25, 0.3) is 0 Å². The second-order valence-electron chi connectivity index (χ2n) is 3.29. The molecule has 1 aromatic carbocycles. The normalized spacial score (nSPS) is 10.5. The van der Waals surface area contributed by atoms with Gasteiger partial charge in [0, 0.05) is 10.0 Å². The fourth-order valence-corrected chi connectivity index (χ4v) is 2.35. The first-order valence-corrected chi connectivity index (χ1v) is 7.28. The molecule has 0 saturated carbocycles. The molecule has 0 radical (unpaired) electrons. The summed E-state index contributed by atoms with van der Waals surface area (Å²) in [6.07, 6.45) is 1.58. The van der Waals surface area contributed by atoms with Gasteiger partial charge in [-0.15, -0.1) is 0 Å². The number of thiocarbonyl (C=S) groups is 1. The zero-order chi connectivity index (χ0) is 14.4. The lowest BCUT2D eigenvalue weighted by Crippen LogP contribution is -2.24. The molecule has 0 amide bonds. The molecule has 0 aromatic heterocycles. The van der Waals surface area contributed by atoms with Crippen LogP contribution in [0.15, 0.2) is 20.1 Å². The van der Waals surface area contributed by atoms with E-state index in [-0.39, 0.29) is 5.11 Å². The predicted octanol–water partition coefficient (Wildman–Crippen LogP) is 2.79. The Balaban J connectivity index is 3.18. The Morgan fingerprint density at radius 3 is 2.74 bits per heavy atom. The van der Waals surface area contributed by atoms with Crippen LogP contribution < -0.4 is 20.6 Å². The van der Waals surface area contributed by atoms with Gasteiger partial charge in [0.05, 0.1) is 24.4 Å². The summed E-state index contributed by atoms with van der Waals surface area (Å²) in [6, 6.07) is 1.81. The number of rotatable bonds is 5. The van der Waals surface area contributed by atoms with Gasteiger partial charge in [-0.05, 0) is 57.1 Å². The molecule has 1 aromatic rings. The SMILES string of the molecule is CCOc1cc(C=NNC(N)=S)c(Br)c(Br)c1OC. The predicted molar refractivity (Wildman–Crippen MR) is 87.1 cm³/mol. The molecule has 0 spiro atoms. The summed E-state index contributed by atoms with van der Waals surface area (Å²) < 4.78 is 12.4. The van der Waals surface area contributed by atoms with E-state index in [0.717, 1.165) is 14.5 Å². The molecule has 0 bridgehead atoms. The lowest BCUT2D eigenvalue weighted by molar-refractivity contribution is 0.309. The van der Waals surface area contributed by atoms with Crippen molar-refractivity contribution >= 4 is 55.4 Å². The van der Waals surface area contributed by atoms with Crippen LogP contribution in [-0.2, 0) is 0 Å². The Morgan fingerprint density at radius 1 is 1.53 bits per heavy atom. The van der Waals surface area contributed by atoms with Crippen molar-refractivity contribution in [2.75, 3.05) is 13.7 Å². The molecular formula is C11H13Br2N3O2S. The fourth-order valence-electron chi connectivity index (χ4n) is 1.32. The van der Waals surface area contributed by atoms with E-state index >= 15 is 0 Å². The van der Waals surface area contributed by atoms with Gasteiger partial charge in [0.2, 0.25) is 0 Å². The number of hydrogen-bond acceptors (Lipinski definition) is 4. The van der Waals surface area contributed by atoms with E-state index in [4.69, 9.17) is 15.2 Å². The minimum absolute atomic E-state index is 0.102. The number of hydrazone groups is 1. The standard InChI is InChI=1S/C11H13Br2N3O2S/c1-3-18-7-4-6(5-15-16-11(14)19)8(12)9(13)10(7)17-2/h4-5H,3H2,1-2H3,(H3,14,16,19). The average molecular weight is 411 g/mol. The van der Waals surface area contributed by atoms with Gasteiger partial charge in [0.15, 0.2) is 16.6 Å². The van der Waals surface area contributed by atoms with Gasteiger partial charge in [-0.2, -0.15) is 5.10 Å². The summed E-state index contributed by atoms with van der Waals surface area (Å²) in [5, 5.41) is 4.01. The minimum Gasteiger partial charge on any atom is -0.492 e. The molecule has 0 atom stereocenters. The van der Waals surface area contributed by atoms with E-state index in [0.29, 0.717) is 18.1 Å². The Kier molecular flexibility index (Phi) is 6.53. The third-order valence-corrected chi connectivity index (χ3v) is 4.27. The highest BCUT2D eigenvalue weighted by atomic mass is 79.9. The first-order chi connectivity index (χ1) is 9.01. The van der Waals surface area contributed by atoms with Crippen LogP contribution >= 0.6 is 44.1 Å². The van der Waals surface area contributed by atoms with Crippen LogP contribution in [0.25, 0.3) is 0 Å². The Morgan fingerprint density at radius 2 is 2.21 bits per heavy atom. The van der Waals surface area contributed by atoms with Crippen molar-refractivity contribution in [3.8, 4) is 11.5 Å². The molecule has 104 valence electrons. The zero-order valence-electron chi connectivity index (χ0n) is 10.4. The van der Waals surface area contributed by atoms with Gasteiger partial charge < -0.3 is 15.2 Å². The molecule has 0 aliphatic heterocycles. The van der Waals surface area contributed by atoms with Crippen molar-refractivity contribution < 1.29 is 9.47 Å². The zero-order valence-corrected chi connectivity index (χ0v) is 14.4. The molecule has 5 nitrogen and oxygen atoms in total. The molecule has 19 heavy (non-hydrogen) atoms. The summed E-state index contributed by atoms with van der Waals surface area (Å²) in [7, 11) is 1.58. The van der Waals surface area contributed by atoms with E-state index in [1.807, 2.05) is 13.0 Å². The lowest BCUT2D eigenvalue weighted by atomic mass is 10.2. The summed E-state index contributed by atoms with van der Waals surface area (Å²) in [5.74, 6) is 1.24. The number of nitrogens with one attached hydrogen (secondary N) is 1. The third kappa shape index (κ3) is 4.32. The number of nitrogens with zero attached hydrogens (tertiary/aromatic N) is 1. The van der Waals surface area contributed by atoms with Crippen molar-refractivity contribution in [1.82, 2.24) is 5.43 Å². The molecule has 0 aliphatic carbocycles. The lowest BCUT2D eigenvalue weighted by Gasteiger charge is -2.13. The molecule has 0 aliphatic rings. The van der Waals surface area contributed by atoms with E-state index in [1.165, 1.54) is 0 Å². The maximum atomic E-state index is 5.52. The Hall–Kier alpha value is -0.860. The van der Waals surface area contributed by atoms with Crippen molar-refractivity contribution in [1.29, 1.82) is 0 Å². The molecule has 0 heterocycles. The highest BCUT2D eigenvalue weighted by Gasteiger charge is 2.15. The van der Waals surface area contributed by atoms with E-state index in [9.17, 15) is 0 Å². The van der Waals surface area contributed by atoms with Gasteiger partial charge >= 0.3 is 0 Å². The number of benzene rings is 1. The monoisotopic (exact) mass is 409 g/mol. The first kappa shape index (κ1) is 16.2. The maximum Gasteiger partial charge on any atom is 0.184 e. The van der Waals surface area contributed by atoms with Gasteiger partial charge in [-0.1, -0.05) is 0 Å². The Bertz CT molecular complexity index is 509. The second-order valence-corrected chi connectivity index (χ2v) is 5.32. The summed E-state index contributed by atoms with van der Waals surface area (Å²) in [6.45, 7) is 2.43. The van der Waals surface area contributed by atoms with Crippen molar-refractivity contribution in [3.63, 3.8) is 0 Å². The molecule has 1 rings (SSSR count). The van der Waals surface area contributed by atoms with Crippen molar-refractivity contribution in [2.45, 2.75) is 6.92 Å². The van der Waals surface area contributed by atoms with Gasteiger partial charge in [-0.25, -0.2) is 0 Å². The van der Waals surface area contributed by atoms with Gasteiger partial charge in [-0.3, -0.25) is 5.43 Å². The smallest absolute Gasteiger partial charge is 0.184 e. The van der Waals surface area contributed by atoms with Crippen LogP contribution in [0.3, 0.4) is 0 Å². The molecular weight excluding hydrogens is 398 g/mol. The molecule has 0 fully saturated rings. The van der Waals surface area contributed by atoms with Crippen LogP contribution in [-0.4, -0.2) is 25.0 Å². The van der Waals surface area contributed by atoms with Crippen LogP contribution in [0.4, 0.5) is 0 Å². The number of methoxy groups -OCH3 is 1.